The zero-order valence-electron chi connectivity index (χ0n) is 18.5. The minimum Gasteiger partial charge on any atom is -0.353 e. The van der Waals surface area contributed by atoms with Gasteiger partial charge in [-0.1, -0.05) is 54.6 Å². The molecule has 1 unspecified atom stereocenters. The Balaban J connectivity index is 1.41. The van der Waals surface area contributed by atoms with E-state index in [0.29, 0.717) is 26.2 Å². The summed E-state index contributed by atoms with van der Waals surface area (Å²) in [5.41, 5.74) is 5.22. The van der Waals surface area contributed by atoms with Gasteiger partial charge in [0.1, 0.15) is 0 Å². The third-order valence-electron chi connectivity index (χ3n) is 5.84. The van der Waals surface area contributed by atoms with Crippen LogP contribution in [-0.4, -0.2) is 58.0 Å². The van der Waals surface area contributed by atoms with Gasteiger partial charge >= 0.3 is 0 Å². The summed E-state index contributed by atoms with van der Waals surface area (Å²) in [6, 6.07) is 20.1. The smallest absolute Gasteiger partial charge is 0.237 e. The Kier molecular flexibility index (Phi) is 6.66. The van der Waals surface area contributed by atoms with Crippen molar-refractivity contribution in [2.75, 3.05) is 20.1 Å². The maximum atomic E-state index is 12.8. The van der Waals surface area contributed by atoms with Gasteiger partial charge in [0.05, 0.1) is 24.7 Å². The van der Waals surface area contributed by atoms with Gasteiger partial charge < -0.3 is 10.2 Å². The molecule has 2 N–H and O–H groups in total. The maximum Gasteiger partial charge on any atom is 0.237 e. The summed E-state index contributed by atoms with van der Waals surface area (Å²) in [6.07, 6.45) is 0.147. The van der Waals surface area contributed by atoms with Gasteiger partial charge in [-0.15, -0.1) is 0 Å². The van der Waals surface area contributed by atoms with Gasteiger partial charge in [0, 0.05) is 32.4 Å². The van der Waals surface area contributed by atoms with Crippen molar-refractivity contribution in [1.82, 2.24) is 25.3 Å². The average Bonchev–Trinajstić information content (AvgIpc) is 3.21. The second-order valence-electron chi connectivity index (χ2n) is 8.34. The highest BCUT2D eigenvalue weighted by molar-refractivity contribution is 5.88. The molecule has 0 radical (unpaired) electrons. The highest BCUT2D eigenvalue weighted by Crippen LogP contribution is 2.21. The van der Waals surface area contributed by atoms with Crippen molar-refractivity contribution in [2.45, 2.75) is 32.5 Å². The van der Waals surface area contributed by atoms with E-state index in [2.05, 4.69) is 56.8 Å². The lowest BCUT2D eigenvalue weighted by Gasteiger charge is -2.35. The predicted octanol–water partition coefficient (Wildman–Crippen LogP) is 2.73. The van der Waals surface area contributed by atoms with Gasteiger partial charge in [-0.3, -0.25) is 19.6 Å². The molecular weight excluding hydrogens is 402 g/mol. The van der Waals surface area contributed by atoms with E-state index in [9.17, 15) is 9.59 Å². The topological polar surface area (TPSA) is 81.3 Å². The molecule has 2 heterocycles. The normalized spacial score (nSPS) is 16.6. The fourth-order valence-electron chi connectivity index (χ4n) is 4.05. The van der Waals surface area contributed by atoms with Crippen molar-refractivity contribution in [3.8, 4) is 11.1 Å². The van der Waals surface area contributed by atoms with E-state index in [4.69, 9.17) is 0 Å². The Morgan fingerprint density at radius 1 is 1.12 bits per heavy atom. The van der Waals surface area contributed by atoms with Crippen molar-refractivity contribution in [3.05, 3.63) is 77.6 Å². The van der Waals surface area contributed by atoms with Crippen LogP contribution in [0.25, 0.3) is 11.1 Å². The number of aromatic nitrogens is 2. The zero-order valence-corrected chi connectivity index (χ0v) is 18.5. The number of piperazine rings is 1. The summed E-state index contributed by atoms with van der Waals surface area (Å²) in [5, 5.41) is 9.99. The van der Waals surface area contributed by atoms with Crippen molar-refractivity contribution < 1.29 is 9.59 Å². The molecule has 0 saturated carbocycles. The number of carbonyl (C=O) groups is 2. The summed E-state index contributed by atoms with van der Waals surface area (Å²) in [4.78, 5) is 29.2. The molecule has 7 heteroatoms. The van der Waals surface area contributed by atoms with Crippen LogP contribution in [0.5, 0.6) is 0 Å². The van der Waals surface area contributed by atoms with Gasteiger partial charge in [0.25, 0.3) is 0 Å². The molecule has 0 aliphatic carbocycles. The van der Waals surface area contributed by atoms with Crippen LogP contribution in [0.1, 0.15) is 23.4 Å². The Bertz CT molecular complexity index is 1060. The van der Waals surface area contributed by atoms with Crippen LogP contribution in [0, 0.1) is 6.92 Å². The Morgan fingerprint density at radius 3 is 2.53 bits per heavy atom. The maximum absolute atomic E-state index is 12.8. The van der Waals surface area contributed by atoms with E-state index in [0.717, 1.165) is 22.5 Å². The van der Waals surface area contributed by atoms with Crippen LogP contribution >= 0.6 is 0 Å². The first-order valence-corrected chi connectivity index (χ1v) is 10.9. The Morgan fingerprint density at radius 2 is 1.84 bits per heavy atom. The molecule has 32 heavy (non-hydrogen) atoms. The molecule has 166 valence electrons. The van der Waals surface area contributed by atoms with Gasteiger partial charge in [0.2, 0.25) is 11.8 Å². The molecule has 2 aromatic carbocycles. The van der Waals surface area contributed by atoms with Gasteiger partial charge in [-0.2, -0.15) is 5.10 Å². The first-order chi connectivity index (χ1) is 15.5. The molecule has 1 atom stereocenters. The number of hydrogen-bond acceptors (Lipinski definition) is 4. The summed E-state index contributed by atoms with van der Waals surface area (Å²) in [7, 11) is 1.75. The van der Waals surface area contributed by atoms with E-state index in [1.54, 1.807) is 11.9 Å². The quantitative estimate of drug-likeness (QED) is 0.603. The predicted molar refractivity (Wildman–Crippen MR) is 124 cm³/mol. The lowest BCUT2D eigenvalue weighted by atomic mass is 10.0. The lowest BCUT2D eigenvalue weighted by molar-refractivity contribution is -0.138. The molecule has 1 aliphatic rings. The fourth-order valence-corrected chi connectivity index (χ4v) is 4.05. The number of carbonyl (C=O) groups excluding carboxylic acids is 2. The zero-order chi connectivity index (χ0) is 22.5. The van der Waals surface area contributed by atoms with Crippen molar-refractivity contribution in [2.24, 2.45) is 0 Å². The molecule has 1 saturated heterocycles. The van der Waals surface area contributed by atoms with Crippen molar-refractivity contribution >= 4 is 11.8 Å². The minimum absolute atomic E-state index is 0.0721. The standard InChI is InChI=1S/C25H29N5O2/c1-18-14-22(28-27-18)17-29(2)24(31)15-23-25(32)26-12-13-30(23)16-19-8-10-21(11-9-19)20-6-4-3-5-7-20/h3-11,14,23H,12-13,15-17H2,1-2H3,(H,26,32)(H,27,28). The Labute approximate surface area is 188 Å². The molecule has 3 aromatic rings. The van der Waals surface area contributed by atoms with E-state index in [1.807, 2.05) is 31.2 Å². The molecule has 0 bridgehead atoms. The van der Waals surface area contributed by atoms with Crippen LogP contribution in [0.3, 0.4) is 0 Å². The summed E-state index contributed by atoms with van der Waals surface area (Å²) >= 11 is 0. The SMILES string of the molecule is Cc1cc(CN(C)C(=O)CC2C(=O)NCCN2Cc2ccc(-c3ccccc3)cc2)n[nH]1. The van der Waals surface area contributed by atoms with Crippen LogP contribution in [0.2, 0.25) is 0 Å². The lowest BCUT2D eigenvalue weighted by Crippen LogP contribution is -2.56. The first-order valence-electron chi connectivity index (χ1n) is 10.9. The molecule has 7 nitrogen and oxygen atoms in total. The average molecular weight is 432 g/mol. The molecule has 2 amide bonds. The number of hydrogen-bond donors (Lipinski definition) is 2. The fraction of sp³-hybridized carbons (Fsp3) is 0.320. The number of benzene rings is 2. The Hall–Kier alpha value is -3.45. The number of H-pyrrole nitrogens is 1. The van der Waals surface area contributed by atoms with Crippen molar-refractivity contribution in [3.63, 3.8) is 0 Å². The number of aryl methyl sites for hydroxylation is 1. The molecule has 0 spiro atoms. The van der Waals surface area contributed by atoms with Gasteiger partial charge in [0.15, 0.2) is 0 Å². The molecule has 1 fully saturated rings. The second kappa shape index (κ2) is 9.78. The largest absolute Gasteiger partial charge is 0.353 e. The summed E-state index contributed by atoms with van der Waals surface area (Å²) in [6.45, 7) is 4.27. The highest BCUT2D eigenvalue weighted by Gasteiger charge is 2.32. The number of aromatic amines is 1. The molecular formula is C25H29N5O2. The minimum atomic E-state index is -0.478. The van der Waals surface area contributed by atoms with Crippen LogP contribution in [0.15, 0.2) is 60.7 Å². The molecule has 4 rings (SSSR count). The van der Waals surface area contributed by atoms with E-state index in [-0.39, 0.29) is 18.2 Å². The van der Waals surface area contributed by atoms with Crippen LogP contribution in [0.4, 0.5) is 0 Å². The third kappa shape index (κ3) is 5.23. The molecule has 1 aromatic heterocycles. The van der Waals surface area contributed by atoms with E-state index < -0.39 is 6.04 Å². The molecule has 1 aliphatic heterocycles. The highest BCUT2D eigenvalue weighted by atomic mass is 16.2. The monoisotopic (exact) mass is 431 g/mol. The number of nitrogens with zero attached hydrogens (tertiary/aromatic N) is 3. The summed E-state index contributed by atoms with van der Waals surface area (Å²) in [5.74, 6) is -0.161. The van der Waals surface area contributed by atoms with E-state index in [1.165, 1.54) is 5.56 Å². The van der Waals surface area contributed by atoms with Crippen molar-refractivity contribution in [1.29, 1.82) is 0 Å². The number of rotatable bonds is 7. The number of nitrogens with one attached hydrogen (secondary N) is 2. The first kappa shape index (κ1) is 21.8. The van der Waals surface area contributed by atoms with Crippen LogP contribution < -0.4 is 5.32 Å². The van der Waals surface area contributed by atoms with Crippen LogP contribution in [-0.2, 0) is 22.7 Å². The third-order valence-corrected chi connectivity index (χ3v) is 5.84. The van der Waals surface area contributed by atoms with Gasteiger partial charge in [-0.25, -0.2) is 0 Å². The number of amides is 2. The van der Waals surface area contributed by atoms with Gasteiger partial charge in [-0.05, 0) is 29.7 Å². The van der Waals surface area contributed by atoms with E-state index >= 15 is 0 Å². The second-order valence-corrected chi connectivity index (χ2v) is 8.34. The summed E-state index contributed by atoms with van der Waals surface area (Å²) < 4.78 is 0.